The summed E-state index contributed by atoms with van der Waals surface area (Å²) in [6, 6.07) is 11.0. The second-order valence-electron chi connectivity index (χ2n) is 7.26. The number of nitrogens with one attached hydrogen (secondary N) is 3. The smallest absolute Gasteiger partial charge is 0.293 e. The number of amides is 2. The molecular weight excluding hydrogens is 360 g/mol. The summed E-state index contributed by atoms with van der Waals surface area (Å²) in [5.41, 5.74) is 0.822. The average molecular weight is 384 g/mol. The van der Waals surface area contributed by atoms with Crippen molar-refractivity contribution in [3.63, 3.8) is 0 Å². The first kappa shape index (κ1) is 20.9. The third-order valence-electron chi connectivity index (χ3n) is 3.88. The van der Waals surface area contributed by atoms with Crippen LogP contribution in [0.3, 0.4) is 0 Å². The van der Waals surface area contributed by atoms with Crippen LogP contribution in [0.1, 0.15) is 38.1 Å². The minimum absolute atomic E-state index is 0.148. The summed E-state index contributed by atoms with van der Waals surface area (Å²) in [5, 5.41) is 19.6. The van der Waals surface area contributed by atoms with Crippen molar-refractivity contribution in [2.24, 2.45) is 5.41 Å². The van der Waals surface area contributed by atoms with Crippen molar-refractivity contribution in [1.82, 2.24) is 0 Å². The molecular formula is C20H24N4O4. The van der Waals surface area contributed by atoms with E-state index in [-0.39, 0.29) is 17.2 Å². The minimum atomic E-state index is -0.549. The maximum Gasteiger partial charge on any atom is 0.293 e. The quantitative estimate of drug-likeness (QED) is 0.508. The fraction of sp³-hybridized carbons (Fsp3) is 0.300. The van der Waals surface area contributed by atoms with Crippen LogP contribution < -0.4 is 16.0 Å². The number of hydrogen-bond donors (Lipinski definition) is 3. The monoisotopic (exact) mass is 384 g/mol. The van der Waals surface area contributed by atoms with Gasteiger partial charge >= 0.3 is 0 Å². The number of nitro groups is 1. The summed E-state index contributed by atoms with van der Waals surface area (Å²) in [7, 11) is 0. The lowest BCUT2D eigenvalue weighted by Gasteiger charge is -2.18. The van der Waals surface area contributed by atoms with Gasteiger partial charge in [-0.3, -0.25) is 19.7 Å². The number of carbonyl (C=O) groups is 2. The SMILES string of the molecule is CCNc1ccc(C(=O)Nc2cccc(NC(=O)C(C)(C)C)c2)cc1[N+](=O)[O-]. The van der Waals surface area contributed by atoms with E-state index in [1.165, 1.54) is 18.2 Å². The number of anilines is 3. The van der Waals surface area contributed by atoms with E-state index < -0.39 is 16.2 Å². The van der Waals surface area contributed by atoms with Gasteiger partial charge in [-0.1, -0.05) is 26.8 Å². The number of rotatable bonds is 6. The maximum absolute atomic E-state index is 12.5. The number of nitrogens with zero attached hydrogens (tertiary/aromatic N) is 1. The van der Waals surface area contributed by atoms with Crippen LogP contribution in [-0.2, 0) is 4.79 Å². The molecule has 2 rings (SSSR count). The second kappa shape index (κ2) is 8.51. The Labute approximate surface area is 163 Å². The van der Waals surface area contributed by atoms with Crippen molar-refractivity contribution in [3.05, 3.63) is 58.1 Å². The van der Waals surface area contributed by atoms with E-state index in [4.69, 9.17) is 0 Å². The van der Waals surface area contributed by atoms with Crippen molar-refractivity contribution in [3.8, 4) is 0 Å². The molecule has 0 saturated carbocycles. The Morgan fingerprint density at radius 2 is 1.68 bits per heavy atom. The van der Waals surface area contributed by atoms with Crippen LogP contribution >= 0.6 is 0 Å². The van der Waals surface area contributed by atoms with Gasteiger partial charge < -0.3 is 16.0 Å². The lowest BCUT2D eigenvalue weighted by Crippen LogP contribution is -2.27. The van der Waals surface area contributed by atoms with Crippen LogP contribution in [-0.4, -0.2) is 23.3 Å². The van der Waals surface area contributed by atoms with Gasteiger partial charge in [-0.25, -0.2) is 0 Å². The predicted octanol–water partition coefficient (Wildman–Crippen LogP) is 4.26. The Balaban J connectivity index is 2.19. The molecule has 148 valence electrons. The molecule has 0 aliphatic rings. The predicted molar refractivity (Wildman–Crippen MR) is 110 cm³/mol. The van der Waals surface area contributed by atoms with E-state index >= 15 is 0 Å². The molecule has 0 aliphatic heterocycles. The van der Waals surface area contributed by atoms with Crippen LogP contribution in [0.4, 0.5) is 22.7 Å². The molecule has 2 amide bonds. The van der Waals surface area contributed by atoms with E-state index in [1.54, 1.807) is 45.0 Å². The van der Waals surface area contributed by atoms with Crippen LogP contribution in [0.15, 0.2) is 42.5 Å². The standard InChI is InChI=1S/C20H24N4O4/c1-5-21-16-10-9-13(11-17(16)24(27)28)18(25)22-14-7-6-8-15(12-14)23-19(26)20(2,3)4/h6-12,21H,5H2,1-4H3,(H,22,25)(H,23,26). The van der Waals surface area contributed by atoms with Crippen molar-refractivity contribution in [2.45, 2.75) is 27.7 Å². The van der Waals surface area contributed by atoms with Gasteiger partial charge in [0.15, 0.2) is 0 Å². The van der Waals surface area contributed by atoms with Gasteiger partial charge in [0.25, 0.3) is 11.6 Å². The molecule has 0 saturated heterocycles. The van der Waals surface area contributed by atoms with Crippen molar-refractivity contribution in [1.29, 1.82) is 0 Å². The summed E-state index contributed by atoms with van der Waals surface area (Å²) < 4.78 is 0. The second-order valence-corrected chi connectivity index (χ2v) is 7.26. The highest BCUT2D eigenvalue weighted by Crippen LogP contribution is 2.26. The molecule has 8 heteroatoms. The van der Waals surface area contributed by atoms with Crippen molar-refractivity contribution < 1.29 is 14.5 Å². The Bertz CT molecular complexity index is 903. The summed E-state index contributed by atoms with van der Waals surface area (Å²) in [5.74, 6) is -0.629. The normalized spacial score (nSPS) is 10.9. The molecule has 0 heterocycles. The van der Waals surface area contributed by atoms with Crippen LogP contribution in [0.25, 0.3) is 0 Å². The first-order chi connectivity index (χ1) is 13.1. The van der Waals surface area contributed by atoms with E-state index in [1.807, 2.05) is 6.92 Å². The van der Waals surface area contributed by atoms with Gasteiger partial charge in [-0.05, 0) is 37.3 Å². The highest BCUT2D eigenvalue weighted by atomic mass is 16.6. The third kappa shape index (κ3) is 5.29. The maximum atomic E-state index is 12.5. The minimum Gasteiger partial charge on any atom is -0.380 e. The Kier molecular flexibility index (Phi) is 6.35. The number of carbonyl (C=O) groups excluding carboxylic acids is 2. The number of nitro benzene ring substituents is 1. The molecule has 0 aromatic heterocycles. The topological polar surface area (TPSA) is 113 Å². The van der Waals surface area contributed by atoms with Gasteiger partial charge in [0.2, 0.25) is 5.91 Å². The lowest BCUT2D eigenvalue weighted by molar-refractivity contribution is -0.384. The zero-order valence-corrected chi connectivity index (χ0v) is 16.3. The van der Waals surface area contributed by atoms with E-state index in [2.05, 4.69) is 16.0 Å². The first-order valence-electron chi connectivity index (χ1n) is 8.87. The summed E-state index contributed by atoms with van der Waals surface area (Å²) >= 11 is 0. The van der Waals surface area contributed by atoms with Gasteiger partial charge in [-0.2, -0.15) is 0 Å². The van der Waals surface area contributed by atoms with Crippen LogP contribution in [0.5, 0.6) is 0 Å². The Morgan fingerprint density at radius 1 is 1.04 bits per heavy atom. The Hall–Kier alpha value is -3.42. The van der Waals surface area contributed by atoms with E-state index in [0.717, 1.165) is 0 Å². The molecule has 2 aromatic carbocycles. The summed E-state index contributed by atoms with van der Waals surface area (Å²) in [6.45, 7) is 7.77. The van der Waals surface area contributed by atoms with Crippen LogP contribution in [0.2, 0.25) is 0 Å². The molecule has 28 heavy (non-hydrogen) atoms. The molecule has 0 fully saturated rings. The molecule has 0 unspecified atom stereocenters. The molecule has 0 radical (unpaired) electrons. The van der Waals surface area contributed by atoms with Gasteiger partial charge in [0.05, 0.1) is 4.92 Å². The zero-order chi connectivity index (χ0) is 20.9. The number of benzene rings is 2. The van der Waals surface area contributed by atoms with Crippen molar-refractivity contribution >= 4 is 34.6 Å². The summed E-state index contributed by atoms with van der Waals surface area (Å²) in [6.07, 6.45) is 0. The lowest BCUT2D eigenvalue weighted by atomic mass is 9.95. The highest BCUT2D eigenvalue weighted by Gasteiger charge is 2.21. The highest BCUT2D eigenvalue weighted by molar-refractivity contribution is 6.05. The van der Waals surface area contributed by atoms with Gasteiger partial charge in [0.1, 0.15) is 5.69 Å². The third-order valence-corrected chi connectivity index (χ3v) is 3.88. The van der Waals surface area contributed by atoms with Crippen LogP contribution in [0, 0.1) is 15.5 Å². The Morgan fingerprint density at radius 3 is 2.25 bits per heavy atom. The van der Waals surface area contributed by atoms with Crippen molar-refractivity contribution in [2.75, 3.05) is 22.5 Å². The van der Waals surface area contributed by atoms with Gasteiger partial charge in [0, 0.05) is 35.0 Å². The average Bonchev–Trinajstić information content (AvgIpc) is 2.61. The molecule has 2 aromatic rings. The van der Waals surface area contributed by atoms with Gasteiger partial charge in [-0.15, -0.1) is 0 Å². The largest absolute Gasteiger partial charge is 0.380 e. The molecule has 0 atom stereocenters. The first-order valence-corrected chi connectivity index (χ1v) is 8.87. The number of hydrogen-bond acceptors (Lipinski definition) is 5. The fourth-order valence-corrected chi connectivity index (χ4v) is 2.36. The zero-order valence-electron chi connectivity index (χ0n) is 16.3. The molecule has 3 N–H and O–H groups in total. The van der Waals surface area contributed by atoms with E-state index in [0.29, 0.717) is 23.6 Å². The van der Waals surface area contributed by atoms with E-state index in [9.17, 15) is 19.7 Å². The summed E-state index contributed by atoms with van der Waals surface area (Å²) in [4.78, 5) is 35.3. The molecule has 0 aliphatic carbocycles. The molecule has 8 nitrogen and oxygen atoms in total. The fourth-order valence-electron chi connectivity index (χ4n) is 2.36. The molecule has 0 spiro atoms. The molecule has 0 bridgehead atoms.